The van der Waals surface area contributed by atoms with Gasteiger partial charge < -0.3 is 15.0 Å². The maximum atomic E-state index is 5.70. The number of rotatable bonds is 10. The molecule has 0 bridgehead atoms. The molecule has 1 heterocycles. The van der Waals surface area contributed by atoms with Gasteiger partial charge in [-0.3, -0.25) is 0 Å². The Morgan fingerprint density at radius 2 is 1.83 bits per heavy atom. The Morgan fingerprint density at radius 3 is 2.52 bits per heavy atom. The van der Waals surface area contributed by atoms with Gasteiger partial charge in [-0.1, -0.05) is 50.3 Å². The van der Waals surface area contributed by atoms with Crippen molar-refractivity contribution in [2.24, 2.45) is 0 Å². The molecule has 1 aromatic carbocycles. The summed E-state index contributed by atoms with van der Waals surface area (Å²) in [7, 11) is 0. The van der Waals surface area contributed by atoms with Crippen LogP contribution in [0.2, 0.25) is 0 Å². The summed E-state index contributed by atoms with van der Waals surface area (Å²) in [5.41, 5.74) is 8.64. The third-order valence-electron chi connectivity index (χ3n) is 3.97. The molecule has 0 aliphatic carbocycles. The lowest BCUT2D eigenvalue weighted by Gasteiger charge is -2.10. The van der Waals surface area contributed by atoms with Crippen molar-refractivity contribution in [3.05, 3.63) is 29.8 Å². The first kappa shape index (κ1) is 17.4. The second-order valence-electron chi connectivity index (χ2n) is 5.90. The highest BCUT2D eigenvalue weighted by atomic mass is 16.5. The van der Waals surface area contributed by atoms with E-state index in [-0.39, 0.29) is 0 Å². The molecule has 0 atom stereocenters. The molecule has 23 heavy (non-hydrogen) atoms. The van der Waals surface area contributed by atoms with E-state index in [2.05, 4.69) is 24.2 Å². The third kappa shape index (κ3) is 5.31. The van der Waals surface area contributed by atoms with Crippen molar-refractivity contribution < 1.29 is 9.26 Å². The minimum absolute atomic E-state index is 0.323. The number of hydrogen-bond donors (Lipinski definition) is 1. The van der Waals surface area contributed by atoms with Crippen LogP contribution in [0.5, 0.6) is 5.75 Å². The van der Waals surface area contributed by atoms with E-state index < -0.39 is 0 Å². The number of nitrogen functional groups attached to an aromatic ring is 1. The van der Waals surface area contributed by atoms with Crippen LogP contribution in [0, 0.1) is 0 Å². The first-order valence-corrected chi connectivity index (χ1v) is 8.72. The number of anilines is 1. The number of aromatic nitrogens is 1. The average molecular weight is 316 g/mol. The lowest BCUT2D eigenvalue weighted by molar-refractivity contribution is 0.341. The van der Waals surface area contributed by atoms with Gasteiger partial charge >= 0.3 is 0 Å². The highest BCUT2D eigenvalue weighted by Gasteiger charge is 2.12. The molecule has 0 amide bonds. The lowest BCUT2D eigenvalue weighted by atomic mass is 10.0. The first-order chi connectivity index (χ1) is 11.2. The van der Waals surface area contributed by atoms with Gasteiger partial charge in [-0.25, -0.2) is 0 Å². The van der Waals surface area contributed by atoms with E-state index in [1.54, 1.807) is 6.07 Å². The zero-order chi connectivity index (χ0) is 16.5. The Morgan fingerprint density at radius 1 is 1.04 bits per heavy atom. The maximum Gasteiger partial charge on any atom is 0.222 e. The quantitative estimate of drug-likeness (QED) is 0.610. The fraction of sp³-hybridized carbons (Fsp3) is 0.526. The van der Waals surface area contributed by atoms with Crippen LogP contribution >= 0.6 is 0 Å². The number of ether oxygens (including phenoxy) is 1. The molecular weight excluding hydrogens is 288 g/mol. The molecule has 2 rings (SSSR count). The van der Waals surface area contributed by atoms with Crippen molar-refractivity contribution in [3.8, 4) is 17.0 Å². The fourth-order valence-corrected chi connectivity index (χ4v) is 2.74. The Balaban J connectivity index is 2.01. The molecule has 2 aromatic rings. The molecule has 0 unspecified atom stereocenters. The molecule has 0 saturated heterocycles. The summed E-state index contributed by atoms with van der Waals surface area (Å²) in [6.07, 6.45) is 8.92. The van der Waals surface area contributed by atoms with Gasteiger partial charge in [0.15, 0.2) is 0 Å². The van der Waals surface area contributed by atoms with Crippen LogP contribution in [-0.4, -0.2) is 11.8 Å². The highest BCUT2D eigenvalue weighted by molar-refractivity contribution is 5.69. The first-order valence-electron chi connectivity index (χ1n) is 8.72. The molecule has 0 saturated carbocycles. The zero-order valence-electron chi connectivity index (χ0n) is 14.3. The average Bonchev–Trinajstić information content (AvgIpc) is 2.98. The Labute approximate surface area is 139 Å². The van der Waals surface area contributed by atoms with Crippen LogP contribution in [0.4, 0.5) is 5.88 Å². The van der Waals surface area contributed by atoms with Gasteiger partial charge in [0, 0.05) is 11.6 Å². The van der Waals surface area contributed by atoms with E-state index in [0.717, 1.165) is 23.4 Å². The Kier molecular flexibility index (Phi) is 6.98. The van der Waals surface area contributed by atoms with Crippen LogP contribution in [0.3, 0.4) is 0 Å². The monoisotopic (exact) mass is 316 g/mol. The van der Waals surface area contributed by atoms with E-state index in [9.17, 15) is 0 Å². The molecule has 0 fully saturated rings. The van der Waals surface area contributed by atoms with Crippen LogP contribution in [-0.2, 0) is 6.42 Å². The largest absolute Gasteiger partial charge is 0.493 e. The zero-order valence-corrected chi connectivity index (χ0v) is 14.3. The molecule has 0 aliphatic rings. The highest BCUT2D eigenvalue weighted by Crippen LogP contribution is 2.31. The second-order valence-corrected chi connectivity index (χ2v) is 5.90. The third-order valence-corrected chi connectivity index (χ3v) is 3.97. The smallest absolute Gasteiger partial charge is 0.222 e. The van der Waals surface area contributed by atoms with Crippen LogP contribution in [0.15, 0.2) is 28.8 Å². The van der Waals surface area contributed by atoms with Gasteiger partial charge in [-0.05, 0) is 37.5 Å². The second kappa shape index (κ2) is 9.23. The molecule has 126 valence electrons. The Bertz CT molecular complexity index is 593. The number of unbranched alkanes of at least 4 members (excludes halogenated alkanes) is 5. The van der Waals surface area contributed by atoms with E-state index in [1.807, 2.05) is 13.0 Å². The van der Waals surface area contributed by atoms with Crippen molar-refractivity contribution in [1.29, 1.82) is 0 Å². The summed E-state index contributed by atoms with van der Waals surface area (Å²) >= 11 is 0. The lowest BCUT2D eigenvalue weighted by Crippen LogP contribution is -1.96. The standard InChI is InChI=1S/C19H28N2O2/c1-3-5-6-7-8-9-10-15-11-12-18(22-4-2)16(13-15)17-14-19(20)23-21-17/h11-14H,3-10,20H2,1-2H3. The molecule has 4 nitrogen and oxygen atoms in total. The maximum absolute atomic E-state index is 5.70. The predicted molar refractivity (Wildman–Crippen MR) is 94.6 cm³/mol. The molecule has 0 spiro atoms. The van der Waals surface area contributed by atoms with Crippen LogP contribution < -0.4 is 10.5 Å². The number of benzene rings is 1. The van der Waals surface area contributed by atoms with E-state index >= 15 is 0 Å². The van der Waals surface area contributed by atoms with Crippen molar-refractivity contribution in [2.45, 2.75) is 58.8 Å². The Hall–Kier alpha value is -1.97. The summed E-state index contributed by atoms with van der Waals surface area (Å²) in [5.74, 6) is 1.15. The van der Waals surface area contributed by atoms with Crippen molar-refractivity contribution >= 4 is 5.88 Å². The van der Waals surface area contributed by atoms with Gasteiger partial charge in [0.05, 0.1) is 6.61 Å². The summed E-state index contributed by atoms with van der Waals surface area (Å²) in [4.78, 5) is 0. The number of hydrogen-bond acceptors (Lipinski definition) is 4. The predicted octanol–water partition coefficient (Wildman–Crippen LogP) is 5.23. The van der Waals surface area contributed by atoms with Crippen molar-refractivity contribution in [3.63, 3.8) is 0 Å². The number of nitrogens with two attached hydrogens (primary N) is 1. The normalized spacial score (nSPS) is 10.9. The van der Waals surface area contributed by atoms with E-state index in [0.29, 0.717) is 12.5 Å². The summed E-state index contributed by atoms with van der Waals surface area (Å²) in [6.45, 7) is 4.85. The number of aryl methyl sites for hydroxylation is 1. The summed E-state index contributed by atoms with van der Waals surface area (Å²) in [5, 5.41) is 4.02. The van der Waals surface area contributed by atoms with Crippen molar-refractivity contribution in [1.82, 2.24) is 5.16 Å². The SMILES string of the molecule is CCCCCCCCc1ccc(OCC)c(-c2cc(N)on2)c1. The van der Waals surface area contributed by atoms with Gasteiger partial charge in [0.1, 0.15) is 11.4 Å². The van der Waals surface area contributed by atoms with Gasteiger partial charge in [-0.2, -0.15) is 0 Å². The summed E-state index contributed by atoms with van der Waals surface area (Å²) < 4.78 is 10.7. The van der Waals surface area contributed by atoms with Gasteiger partial charge in [0.2, 0.25) is 5.88 Å². The molecular formula is C19H28N2O2. The minimum atomic E-state index is 0.323. The van der Waals surface area contributed by atoms with Crippen LogP contribution in [0.25, 0.3) is 11.3 Å². The molecule has 0 radical (unpaired) electrons. The van der Waals surface area contributed by atoms with Gasteiger partial charge in [-0.15, -0.1) is 0 Å². The fourth-order valence-electron chi connectivity index (χ4n) is 2.74. The molecule has 1 aromatic heterocycles. The molecule has 0 aliphatic heterocycles. The summed E-state index contributed by atoms with van der Waals surface area (Å²) in [6, 6.07) is 8.06. The topological polar surface area (TPSA) is 61.3 Å². The molecule has 4 heteroatoms. The van der Waals surface area contributed by atoms with E-state index in [1.165, 1.54) is 44.1 Å². The van der Waals surface area contributed by atoms with Crippen LogP contribution in [0.1, 0.15) is 57.9 Å². The minimum Gasteiger partial charge on any atom is -0.493 e. The number of nitrogens with zero attached hydrogens (tertiary/aromatic N) is 1. The molecule has 2 N–H and O–H groups in total. The van der Waals surface area contributed by atoms with Crippen molar-refractivity contribution in [2.75, 3.05) is 12.3 Å². The van der Waals surface area contributed by atoms with E-state index in [4.69, 9.17) is 15.0 Å². The van der Waals surface area contributed by atoms with Gasteiger partial charge in [0.25, 0.3) is 0 Å².